The molecule has 0 aliphatic carbocycles. The Kier molecular flexibility index (Phi) is 4.28. The van der Waals surface area contributed by atoms with Crippen molar-refractivity contribution in [1.82, 2.24) is 0 Å². The molecule has 1 unspecified atom stereocenters. The Hall–Kier alpha value is -1.53. The zero-order valence-corrected chi connectivity index (χ0v) is 13.2. The number of primary sulfonamides is 1. The lowest BCUT2D eigenvalue weighted by Gasteiger charge is -2.09. The lowest BCUT2D eigenvalue weighted by molar-refractivity contribution is -0.136. The van der Waals surface area contributed by atoms with E-state index in [0.717, 1.165) is 12.1 Å². The molecule has 1 aromatic carbocycles. The van der Waals surface area contributed by atoms with E-state index in [-0.39, 0.29) is 33.6 Å². The van der Waals surface area contributed by atoms with Crippen molar-refractivity contribution >= 4 is 43.4 Å². The molecule has 120 valence electrons. The van der Waals surface area contributed by atoms with E-state index in [9.17, 15) is 22.0 Å². The van der Waals surface area contributed by atoms with Crippen LogP contribution >= 0.6 is 11.6 Å². The molecule has 4 N–H and O–H groups in total. The molecule has 0 radical (unpaired) electrons. The Balaban J connectivity index is 2.73. The minimum absolute atomic E-state index is 0.0553. The number of nitrogens with two attached hydrogens (primary N) is 1. The van der Waals surface area contributed by atoms with Crippen molar-refractivity contribution in [3.63, 3.8) is 0 Å². The SMILES string of the molecule is NS(=O)(=O)c1cc2c(cc1Cl)=NC(CCC(=O)O)=NS=2(=O)O. The second-order valence-electron chi connectivity index (χ2n) is 4.31. The third kappa shape index (κ3) is 3.44. The number of hydrogen-bond donors (Lipinski definition) is 3. The molecule has 0 spiro atoms. The molecule has 12 heteroatoms. The van der Waals surface area contributed by atoms with Gasteiger partial charge in [-0.05, 0) is 12.1 Å². The first-order chi connectivity index (χ1) is 10.0. The fourth-order valence-corrected chi connectivity index (χ4v) is 4.05. The van der Waals surface area contributed by atoms with E-state index in [1.165, 1.54) is 0 Å². The number of amidine groups is 1. The summed E-state index contributed by atoms with van der Waals surface area (Å²) in [4.78, 5) is 13.9. The minimum Gasteiger partial charge on any atom is -0.481 e. The maximum Gasteiger partial charge on any atom is 0.303 e. The Bertz CT molecular complexity index is 1010. The predicted octanol–water partition coefficient (Wildman–Crippen LogP) is -0.193. The van der Waals surface area contributed by atoms with Gasteiger partial charge in [0.05, 0.1) is 16.8 Å². The average Bonchev–Trinajstić information content (AvgIpc) is 2.33. The van der Waals surface area contributed by atoms with Crippen molar-refractivity contribution in [2.75, 3.05) is 0 Å². The number of halogens is 1. The summed E-state index contributed by atoms with van der Waals surface area (Å²) in [6.45, 7) is 0. The van der Waals surface area contributed by atoms with Gasteiger partial charge in [0, 0.05) is 6.42 Å². The Labute approximate surface area is 130 Å². The summed E-state index contributed by atoms with van der Waals surface area (Å²) in [5.41, 5.74) is 0. The molecule has 1 aliphatic rings. The molecule has 0 fully saturated rings. The normalized spacial score (nSPS) is 20.8. The molecule has 2 rings (SSSR count). The summed E-state index contributed by atoms with van der Waals surface area (Å²) in [7, 11) is -8.15. The van der Waals surface area contributed by atoms with E-state index >= 15 is 0 Å². The number of benzene rings is 1. The number of carbonyl (C=O) groups is 1. The van der Waals surface area contributed by atoms with E-state index in [2.05, 4.69) is 9.39 Å². The van der Waals surface area contributed by atoms with Crippen LogP contribution in [-0.4, -0.2) is 34.1 Å². The summed E-state index contributed by atoms with van der Waals surface area (Å²) in [5.74, 6) is -1.25. The van der Waals surface area contributed by atoms with Crippen LogP contribution in [0.4, 0.5) is 0 Å². The van der Waals surface area contributed by atoms with Gasteiger partial charge in [0.15, 0.2) is 9.99 Å². The first kappa shape index (κ1) is 16.8. The number of carboxylic acid groups (broad SMARTS) is 1. The Morgan fingerprint density at radius 3 is 2.59 bits per heavy atom. The number of rotatable bonds is 4. The molecule has 1 heterocycles. The monoisotopic (exact) mass is 367 g/mol. The van der Waals surface area contributed by atoms with Gasteiger partial charge in [-0.25, -0.2) is 22.8 Å². The van der Waals surface area contributed by atoms with Crippen LogP contribution in [0, 0.1) is 4.51 Å². The van der Waals surface area contributed by atoms with Crippen molar-refractivity contribution in [2.45, 2.75) is 17.7 Å². The van der Waals surface area contributed by atoms with E-state index in [0.29, 0.717) is 0 Å². The Morgan fingerprint density at radius 1 is 1.41 bits per heavy atom. The first-order valence-electron chi connectivity index (χ1n) is 5.66. The fraction of sp³-hybridized carbons (Fsp3) is 0.200. The molecule has 1 aromatic rings. The van der Waals surface area contributed by atoms with E-state index in [1.807, 2.05) is 0 Å². The van der Waals surface area contributed by atoms with Crippen LogP contribution in [0.1, 0.15) is 12.8 Å². The van der Waals surface area contributed by atoms with Gasteiger partial charge in [0.1, 0.15) is 15.2 Å². The molecule has 1 atom stereocenters. The van der Waals surface area contributed by atoms with Crippen LogP contribution < -0.4 is 10.5 Å². The molecule has 0 bridgehead atoms. The van der Waals surface area contributed by atoms with Gasteiger partial charge >= 0.3 is 5.97 Å². The number of hydrogen-bond acceptors (Lipinski definition) is 5. The van der Waals surface area contributed by atoms with Crippen molar-refractivity contribution in [2.24, 2.45) is 14.5 Å². The maximum absolute atomic E-state index is 12.2. The number of sulfonamides is 1. The number of carboxylic acids is 1. The average molecular weight is 368 g/mol. The highest BCUT2D eigenvalue weighted by Crippen LogP contribution is 2.19. The third-order valence-electron chi connectivity index (χ3n) is 2.65. The summed E-state index contributed by atoms with van der Waals surface area (Å²) in [6, 6.07) is 1.91. The van der Waals surface area contributed by atoms with Crippen LogP contribution in [0.25, 0.3) is 0 Å². The lowest BCUT2D eigenvalue weighted by atomic mass is 10.3. The van der Waals surface area contributed by atoms with Crippen LogP contribution in [-0.2, 0) is 24.8 Å². The summed E-state index contributed by atoms with van der Waals surface area (Å²) in [6.07, 6.45) is -0.475. The molecule has 9 nitrogen and oxygen atoms in total. The molecular weight excluding hydrogens is 358 g/mol. The van der Waals surface area contributed by atoms with Gasteiger partial charge in [-0.15, -0.1) is 0 Å². The zero-order valence-electron chi connectivity index (χ0n) is 10.8. The molecule has 1 aliphatic heterocycles. The van der Waals surface area contributed by atoms with Gasteiger partial charge in [0.25, 0.3) is 0 Å². The first-order valence-corrected chi connectivity index (χ1v) is 9.05. The fourth-order valence-electron chi connectivity index (χ4n) is 1.71. The van der Waals surface area contributed by atoms with Gasteiger partial charge in [-0.1, -0.05) is 11.6 Å². The molecule has 0 saturated carbocycles. The highest BCUT2D eigenvalue weighted by Gasteiger charge is 2.19. The Morgan fingerprint density at radius 2 is 2.05 bits per heavy atom. The molecular formula is C10H10ClN3O6S2. The number of nitrogens with zero attached hydrogens (tertiary/aromatic N) is 2. The summed E-state index contributed by atoms with van der Waals surface area (Å²) < 4.78 is 47.9. The number of aliphatic carboxylic acids is 1. The van der Waals surface area contributed by atoms with Crippen molar-refractivity contribution < 1.29 is 27.1 Å². The summed E-state index contributed by atoms with van der Waals surface area (Å²) in [5, 5.41) is 13.3. The minimum atomic E-state index is -4.19. The van der Waals surface area contributed by atoms with Crippen molar-refractivity contribution in [3.8, 4) is 0 Å². The highest BCUT2D eigenvalue weighted by molar-refractivity contribution is 7.89. The standard InChI is InChI=1S/C10H10ClN3O6S2/c11-5-3-6-8(4-7(5)21(12,17)18)22(19,20)14-9(13-6)1-2-10(15)16/h3-4H,1-2H2,(H,15,16)(H2,12,17,18)(H,13,14,19,20). The van der Waals surface area contributed by atoms with E-state index < -0.39 is 30.9 Å². The van der Waals surface area contributed by atoms with Crippen LogP contribution in [0.15, 0.2) is 26.4 Å². The second kappa shape index (κ2) is 5.59. The smallest absolute Gasteiger partial charge is 0.303 e. The topological polar surface area (TPSA) is 159 Å². The maximum atomic E-state index is 12.2. The van der Waals surface area contributed by atoms with Gasteiger partial charge in [-0.3, -0.25) is 9.35 Å². The lowest BCUT2D eigenvalue weighted by Crippen LogP contribution is -2.22. The molecule has 0 amide bonds. The van der Waals surface area contributed by atoms with Crippen LogP contribution in [0.3, 0.4) is 0 Å². The van der Waals surface area contributed by atoms with Crippen LogP contribution in [0.5, 0.6) is 0 Å². The van der Waals surface area contributed by atoms with Crippen molar-refractivity contribution in [1.29, 1.82) is 0 Å². The highest BCUT2D eigenvalue weighted by atomic mass is 35.5. The molecule has 0 saturated heterocycles. The van der Waals surface area contributed by atoms with Crippen LogP contribution in [0.2, 0.25) is 5.02 Å². The van der Waals surface area contributed by atoms with Gasteiger partial charge in [0.2, 0.25) is 10.0 Å². The summed E-state index contributed by atoms with van der Waals surface area (Å²) >= 11 is 5.79. The zero-order chi connectivity index (χ0) is 16.7. The van der Waals surface area contributed by atoms with Gasteiger partial charge in [-0.2, -0.15) is 4.40 Å². The predicted molar refractivity (Wildman–Crippen MR) is 77.9 cm³/mol. The van der Waals surface area contributed by atoms with Crippen molar-refractivity contribution in [3.05, 3.63) is 27.0 Å². The third-order valence-corrected chi connectivity index (χ3v) is 5.38. The molecule has 22 heavy (non-hydrogen) atoms. The number of fused-ring (bicyclic) bond motifs is 1. The van der Waals surface area contributed by atoms with E-state index in [4.69, 9.17) is 21.8 Å². The molecule has 0 aromatic heterocycles. The largest absolute Gasteiger partial charge is 0.481 e. The van der Waals surface area contributed by atoms with Gasteiger partial charge < -0.3 is 5.11 Å². The van der Waals surface area contributed by atoms with E-state index in [1.54, 1.807) is 0 Å². The second-order valence-corrected chi connectivity index (χ2v) is 7.86. The quantitative estimate of drug-likeness (QED) is 0.625.